The van der Waals surface area contributed by atoms with Crippen LogP contribution < -0.4 is 19.7 Å². The zero-order valence-corrected chi connectivity index (χ0v) is 14.3. The van der Waals surface area contributed by atoms with E-state index in [4.69, 9.17) is 21.1 Å². The second-order valence-corrected chi connectivity index (χ2v) is 5.82. The summed E-state index contributed by atoms with van der Waals surface area (Å²) in [6.45, 7) is -0.0834. The molecule has 0 radical (unpaired) electrons. The number of amides is 2. The number of carbonyl (C=O) groups is 2. The molecule has 0 fully saturated rings. The van der Waals surface area contributed by atoms with E-state index < -0.39 is 6.10 Å². The minimum Gasteiger partial charge on any atom is -0.482 e. The number of hydrogen-bond donors (Lipinski definition) is 1. The van der Waals surface area contributed by atoms with Gasteiger partial charge in [0.25, 0.3) is 11.8 Å². The van der Waals surface area contributed by atoms with Gasteiger partial charge in [0.15, 0.2) is 12.7 Å². The summed E-state index contributed by atoms with van der Waals surface area (Å²) >= 11 is 6.04. The van der Waals surface area contributed by atoms with Crippen LogP contribution in [0.2, 0.25) is 5.02 Å². The fourth-order valence-electron chi connectivity index (χ4n) is 2.55. The van der Waals surface area contributed by atoms with E-state index in [9.17, 15) is 9.59 Å². The van der Waals surface area contributed by atoms with E-state index in [-0.39, 0.29) is 25.0 Å². The maximum absolute atomic E-state index is 12.7. The number of nitrogens with one attached hydrogen (secondary N) is 1. The van der Waals surface area contributed by atoms with Crippen molar-refractivity contribution < 1.29 is 19.1 Å². The van der Waals surface area contributed by atoms with Crippen molar-refractivity contribution in [2.24, 2.45) is 0 Å². The highest BCUT2D eigenvalue weighted by Gasteiger charge is 2.33. The van der Waals surface area contributed by atoms with Crippen LogP contribution in [0.3, 0.4) is 0 Å². The van der Waals surface area contributed by atoms with Crippen molar-refractivity contribution in [3.8, 4) is 11.5 Å². The first kappa shape index (κ1) is 17.1. The first-order chi connectivity index (χ1) is 12.1. The first-order valence-electron chi connectivity index (χ1n) is 7.75. The van der Waals surface area contributed by atoms with Crippen molar-refractivity contribution in [1.29, 1.82) is 0 Å². The number of halogens is 1. The lowest BCUT2D eigenvalue weighted by Crippen LogP contribution is -2.51. The zero-order valence-electron chi connectivity index (χ0n) is 13.6. The molecule has 0 saturated carbocycles. The second kappa shape index (κ2) is 7.44. The van der Waals surface area contributed by atoms with Crippen LogP contribution in [0, 0.1) is 0 Å². The molecule has 1 aliphatic heterocycles. The van der Waals surface area contributed by atoms with Crippen LogP contribution in [0.1, 0.15) is 0 Å². The monoisotopic (exact) mass is 360 g/mol. The van der Waals surface area contributed by atoms with E-state index >= 15 is 0 Å². The van der Waals surface area contributed by atoms with Crippen LogP contribution in [0.15, 0.2) is 48.5 Å². The van der Waals surface area contributed by atoms with E-state index in [1.165, 1.54) is 11.9 Å². The van der Waals surface area contributed by atoms with Gasteiger partial charge in [-0.05, 0) is 24.3 Å². The number of ether oxygens (including phenoxy) is 2. The summed E-state index contributed by atoms with van der Waals surface area (Å²) in [5, 5.41) is 2.97. The molecular weight excluding hydrogens is 344 g/mol. The lowest BCUT2D eigenvalue weighted by atomic mass is 10.1. The standard InChI is InChI=1S/C18H17ClN2O4/c1-20-18(23)16-10-21(13-7-3-5-9-15(13)25-16)17(22)11-24-14-8-4-2-6-12(14)19/h2-9,16H,10-11H2,1H3,(H,20,23). The van der Waals surface area contributed by atoms with E-state index in [1.807, 2.05) is 0 Å². The van der Waals surface area contributed by atoms with Crippen LogP contribution >= 0.6 is 11.6 Å². The SMILES string of the molecule is CNC(=O)C1CN(C(=O)COc2ccccc2Cl)c2ccccc2O1. The van der Waals surface area contributed by atoms with Crippen LogP contribution in [0.5, 0.6) is 11.5 Å². The third kappa shape index (κ3) is 3.69. The molecule has 0 aliphatic carbocycles. The van der Waals surface area contributed by atoms with Crippen molar-refractivity contribution in [2.75, 3.05) is 25.1 Å². The molecule has 0 bridgehead atoms. The molecule has 2 aromatic rings. The summed E-state index contributed by atoms with van der Waals surface area (Å²) in [4.78, 5) is 26.1. The normalized spacial score (nSPS) is 15.8. The molecule has 3 rings (SSSR count). The molecule has 25 heavy (non-hydrogen) atoms. The number of anilines is 1. The maximum Gasteiger partial charge on any atom is 0.265 e. The van der Waals surface area contributed by atoms with Gasteiger partial charge in [-0.3, -0.25) is 9.59 Å². The van der Waals surface area contributed by atoms with Gasteiger partial charge in [-0.15, -0.1) is 0 Å². The van der Waals surface area contributed by atoms with Gasteiger partial charge >= 0.3 is 0 Å². The van der Waals surface area contributed by atoms with Crippen LogP contribution in [0.25, 0.3) is 0 Å². The lowest BCUT2D eigenvalue weighted by molar-refractivity contribution is -0.128. The predicted molar refractivity (Wildman–Crippen MR) is 94.2 cm³/mol. The number of para-hydroxylation sites is 3. The number of benzene rings is 2. The van der Waals surface area contributed by atoms with E-state index in [2.05, 4.69) is 5.32 Å². The van der Waals surface area contributed by atoms with Gasteiger partial charge in [0, 0.05) is 7.05 Å². The van der Waals surface area contributed by atoms with Crippen LogP contribution in [-0.4, -0.2) is 38.1 Å². The Morgan fingerprint density at radius 3 is 2.72 bits per heavy atom. The molecule has 0 spiro atoms. The highest BCUT2D eigenvalue weighted by molar-refractivity contribution is 6.32. The Kier molecular flexibility index (Phi) is 5.09. The highest BCUT2D eigenvalue weighted by Crippen LogP contribution is 2.33. The molecule has 0 aromatic heterocycles. The zero-order chi connectivity index (χ0) is 17.8. The highest BCUT2D eigenvalue weighted by atomic mass is 35.5. The molecular formula is C18H17ClN2O4. The Morgan fingerprint density at radius 2 is 1.96 bits per heavy atom. The third-order valence-electron chi connectivity index (χ3n) is 3.80. The van der Waals surface area contributed by atoms with Crippen LogP contribution in [0.4, 0.5) is 5.69 Å². The predicted octanol–water partition coefficient (Wildman–Crippen LogP) is 2.26. The number of likely N-dealkylation sites (N-methyl/N-ethyl adjacent to an activating group) is 1. The Hall–Kier alpha value is -2.73. The van der Waals surface area contributed by atoms with Gasteiger partial charge < -0.3 is 19.7 Å². The van der Waals surface area contributed by atoms with Crippen molar-refractivity contribution in [3.63, 3.8) is 0 Å². The van der Waals surface area contributed by atoms with Gasteiger partial charge in [0.1, 0.15) is 11.5 Å². The van der Waals surface area contributed by atoms with Crippen molar-refractivity contribution in [3.05, 3.63) is 53.6 Å². The van der Waals surface area contributed by atoms with Gasteiger partial charge in [0.2, 0.25) is 0 Å². The Bertz CT molecular complexity index is 796. The minimum atomic E-state index is -0.774. The number of hydrogen-bond acceptors (Lipinski definition) is 4. The lowest BCUT2D eigenvalue weighted by Gasteiger charge is -2.33. The number of rotatable bonds is 4. The fraction of sp³-hybridized carbons (Fsp3) is 0.222. The fourth-order valence-corrected chi connectivity index (χ4v) is 2.74. The third-order valence-corrected chi connectivity index (χ3v) is 4.11. The molecule has 1 N–H and O–H groups in total. The number of nitrogens with zero attached hydrogens (tertiary/aromatic N) is 1. The molecule has 6 nitrogen and oxygen atoms in total. The summed E-state index contributed by atoms with van der Waals surface area (Å²) < 4.78 is 11.2. The Balaban J connectivity index is 1.78. The summed E-state index contributed by atoms with van der Waals surface area (Å²) in [6.07, 6.45) is -0.774. The quantitative estimate of drug-likeness (QED) is 0.908. The van der Waals surface area contributed by atoms with E-state index in [0.29, 0.717) is 22.2 Å². The Morgan fingerprint density at radius 1 is 1.24 bits per heavy atom. The molecule has 130 valence electrons. The van der Waals surface area contributed by atoms with E-state index in [0.717, 1.165) is 0 Å². The summed E-state index contributed by atoms with van der Waals surface area (Å²) in [5.74, 6) is 0.333. The molecule has 2 amide bonds. The topological polar surface area (TPSA) is 67.9 Å². The molecule has 0 saturated heterocycles. The summed E-state index contributed by atoms with van der Waals surface area (Å²) in [5.41, 5.74) is 0.607. The summed E-state index contributed by atoms with van der Waals surface area (Å²) in [6, 6.07) is 14.0. The van der Waals surface area contributed by atoms with E-state index in [1.54, 1.807) is 48.5 Å². The largest absolute Gasteiger partial charge is 0.482 e. The average molecular weight is 361 g/mol. The second-order valence-electron chi connectivity index (χ2n) is 5.41. The first-order valence-corrected chi connectivity index (χ1v) is 8.13. The van der Waals surface area contributed by atoms with Crippen LogP contribution in [-0.2, 0) is 9.59 Å². The molecule has 1 aliphatic rings. The minimum absolute atomic E-state index is 0.113. The molecule has 1 atom stereocenters. The smallest absolute Gasteiger partial charge is 0.265 e. The molecule has 1 heterocycles. The Labute approximate surface area is 150 Å². The summed E-state index contributed by atoms with van der Waals surface area (Å²) in [7, 11) is 1.53. The molecule has 2 aromatic carbocycles. The molecule has 7 heteroatoms. The maximum atomic E-state index is 12.7. The van der Waals surface area contributed by atoms with Crippen molar-refractivity contribution in [1.82, 2.24) is 5.32 Å². The van der Waals surface area contributed by atoms with Crippen molar-refractivity contribution in [2.45, 2.75) is 6.10 Å². The van der Waals surface area contributed by atoms with Crippen molar-refractivity contribution >= 4 is 29.1 Å². The van der Waals surface area contributed by atoms with Gasteiger partial charge in [0.05, 0.1) is 17.3 Å². The van der Waals surface area contributed by atoms with Gasteiger partial charge in [-0.1, -0.05) is 35.9 Å². The van der Waals surface area contributed by atoms with Gasteiger partial charge in [-0.25, -0.2) is 0 Å². The average Bonchev–Trinajstić information content (AvgIpc) is 2.65. The number of carbonyl (C=O) groups excluding carboxylic acids is 2. The van der Waals surface area contributed by atoms with Gasteiger partial charge in [-0.2, -0.15) is 0 Å². The number of fused-ring (bicyclic) bond motifs is 1. The molecule has 1 unspecified atom stereocenters.